The molecule has 1 atom stereocenters. The van der Waals surface area contributed by atoms with Gasteiger partial charge in [-0.25, -0.2) is 0 Å². The summed E-state index contributed by atoms with van der Waals surface area (Å²) in [6.45, 7) is 10.5. The fourth-order valence-electron chi connectivity index (χ4n) is 2.73. The third-order valence-electron chi connectivity index (χ3n) is 4.31. The summed E-state index contributed by atoms with van der Waals surface area (Å²) in [6, 6.07) is 14.7. The number of amides is 2. The number of anilines is 1. The molecule has 0 radical (unpaired) electrons. The van der Waals surface area contributed by atoms with E-state index < -0.39 is 6.10 Å². The van der Waals surface area contributed by atoms with Crippen molar-refractivity contribution in [1.82, 2.24) is 5.32 Å². The first kappa shape index (κ1) is 21.5. The molecule has 2 aromatic rings. The SMILES string of the molecule is CC(C)CNC(=O)c1ccccc1NC(=O)[C@H](C)Oc1ccccc1C(C)C. The number of carbonyl (C=O) groups excluding carboxylic acids is 2. The Hall–Kier alpha value is -2.82. The zero-order chi connectivity index (χ0) is 20.7. The lowest BCUT2D eigenvalue weighted by molar-refractivity contribution is -0.122. The van der Waals surface area contributed by atoms with E-state index >= 15 is 0 Å². The van der Waals surface area contributed by atoms with Crippen LogP contribution in [0.5, 0.6) is 5.75 Å². The Morgan fingerprint density at radius 1 is 0.929 bits per heavy atom. The molecule has 28 heavy (non-hydrogen) atoms. The molecule has 2 aromatic carbocycles. The van der Waals surface area contributed by atoms with Crippen molar-refractivity contribution < 1.29 is 14.3 Å². The quantitative estimate of drug-likeness (QED) is 0.701. The van der Waals surface area contributed by atoms with Crippen molar-refractivity contribution in [2.24, 2.45) is 5.92 Å². The maximum absolute atomic E-state index is 12.7. The minimum Gasteiger partial charge on any atom is -0.481 e. The van der Waals surface area contributed by atoms with Crippen LogP contribution < -0.4 is 15.4 Å². The second-order valence-electron chi connectivity index (χ2n) is 7.59. The molecule has 2 amide bonds. The van der Waals surface area contributed by atoms with E-state index in [0.29, 0.717) is 29.5 Å². The minimum absolute atomic E-state index is 0.205. The topological polar surface area (TPSA) is 67.4 Å². The van der Waals surface area contributed by atoms with Crippen LogP contribution in [0.3, 0.4) is 0 Å². The minimum atomic E-state index is -0.702. The van der Waals surface area contributed by atoms with Crippen LogP contribution in [-0.4, -0.2) is 24.5 Å². The van der Waals surface area contributed by atoms with Gasteiger partial charge in [0.15, 0.2) is 6.10 Å². The molecule has 5 heteroatoms. The Morgan fingerprint density at radius 3 is 2.25 bits per heavy atom. The smallest absolute Gasteiger partial charge is 0.265 e. The van der Waals surface area contributed by atoms with Gasteiger partial charge in [0.25, 0.3) is 11.8 Å². The van der Waals surface area contributed by atoms with Gasteiger partial charge in [0.05, 0.1) is 11.3 Å². The molecule has 150 valence electrons. The summed E-state index contributed by atoms with van der Waals surface area (Å²) in [5, 5.41) is 5.70. The van der Waals surface area contributed by atoms with E-state index in [9.17, 15) is 9.59 Å². The van der Waals surface area contributed by atoms with Gasteiger partial charge in [-0.2, -0.15) is 0 Å². The molecule has 2 rings (SSSR count). The van der Waals surface area contributed by atoms with E-state index in [1.807, 2.05) is 38.1 Å². The number of benzene rings is 2. The summed E-state index contributed by atoms with van der Waals surface area (Å²) in [4.78, 5) is 25.1. The van der Waals surface area contributed by atoms with E-state index in [2.05, 4.69) is 24.5 Å². The standard InChI is InChI=1S/C23H30N2O3/c1-15(2)14-24-23(27)19-11-6-8-12-20(19)25-22(26)17(5)28-21-13-9-7-10-18(21)16(3)4/h6-13,15-17H,14H2,1-5H3,(H,24,27)(H,25,26)/t17-/m0/s1. The summed E-state index contributed by atoms with van der Waals surface area (Å²) < 4.78 is 5.91. The monoisotopic (exact) mass is 382 g/mol. The number of carbonyl (C=O) groups is 2. The first-order valence-corrected chi connectivity index (χ1v) is 9.73. The average Bonchev–Trinajstić information content (AvgIpc) is 2.66. The van der Waals surface area contributed by atoms with E-state index in [-0.39, 0.29) is 17.7 Å². The lowest BCUT2D eigenvalue weighted by atomic mass is 10.0. The number of rotatable bonds is 8. The fourth-order valence-corrected chi connectivity index (χ4v) is 2.73. The van der Waals surface area contributed by atoms with Crippen LogP contribution in [-0.2, 0) is 4.79 Å². The van der Waals surface area contributed by atoms with Crippen molar-refractivity contribution in [2.75, 3.05) is 11.9 Å². The predicted molar refractivity (Wildman–Crippen MR) is 113 cm³/mol. The van der Waals surface area contributed by atoms with Crippen molar-refractivity contribution in [1.29, 1.82) is 0 Å². The fraction of sp³-hybridized carbons (Fsp3) is 0.391. The van der Waals surface area contributed by atoms with Crippen molar-refractivity contribution in [2.45, 2.75) is 46.6 Å². The van der Waals surface area contributed by atoms with Gasteiger partial charge in [0.1, 0.15) is 5.75 Å². The molecular formula is C23H30N2O3. The van der Waals surface area contributed by atoms with Gasteiger partial charge >= 0.3 is 0 Å². The molecule has 0 aliphatic carbocycles. The van der Waals surface area contributed by atoms with Crippen molar-refractivity contribution in [3.05, 3.63) is 59.7 Å². The average molecular weight is 383 g/mol. The number of hydrogen-bond donors (Lipinski definition) is 2. The molecule has 0 fully saturated rings. The van der Waals surface area contributed by atoms with Crippen LogP contribution in [0.1, 0.15) is 56.5 Å². The maximum Gasteiger partial charge on any atom is 0.265 e. The molecule has 0 aromatic heterocycles. The van der Waals surface area contributed by atoms with Gasteiger partial charge in [-0.1, -0.05) is 58.0 Å². The molecule has 0 saturated heterocycles. The number of ether oxygens (including phenoxy) is 1. The normalized spacial score (nSPS) is 12.0. The third-order valence-corrected chi connectivity index (χ3v) is 4.31. The zero-order valence-electron chi connectivity index (χ0n) is 17.3. The van der Waals surface area contributed by atoms with Crippen LogP contribution in [0.15, 0.2) is 48.5 Å². The largest absolute Gasteiger partial charge is 0.481 e. The molecule has 0 saturated carbocycles. The summed E-state index contributed by atoms with van der Waals surface area (Å²) in [5.74, 6) is 0.825. The lowest BCUT2D eigenvalue weighted by Gasteiger charge is -2.19. The molecular weight excluding hydrogens is 352 g/mol. The first-order chi connectivity index (χ1) is 13.3. The molecule has 0 unspecified atom stereocenters. The summed E-state index contributed by atoms with van der Waals surface area (Å²) in [7, 11) is 0. The number of nitrogens with one attached hydrogen (secondary N) is 2. The highest BCUT2D eigenvalue weighted by molar-refractivity contribution is 6.04. The van der Waals surface area contributed by atoms with Gasteiger partial charge in [0.2, 0.25) is 0 Å². The highest BCUT2D eigenvalue weighted by atomic mass is 16.5. The van der Waals surface area contributed by atoms with Crippen LogP contribution in [0.4, 0.5) is 5.69 Å². The molecule has 0 aliphatic heterocycles. The van der Waals surface area contributed by atoms with Gasteiger partial charge in [-0.15, -0.1) is 0 Å². The Morgan fingerprint density at radius 2 is 1.57 bits per heavy atom. The number of hydrogen-bond acceptors (Lipinski definition) is 3. The van der Waals surface area contributed by atoms with Crippen LogP contribution in [0.25, 0.3) is 0 Å². The van der Waals surface area contributed by atoms with Crippen LogP contribution in [0, 0.1) is 5.92 Å². The van der Waals surface area contributed by atoms with Gasteiger partial charge < -0.3 is 15.4 Å². The van der Waals surface area contributed by atoms with E-state index in [1.165, 1.54) is 0 Å². The van der Waals surface area contributed by atoms with E-state index in [1.54, 1.807) is 31.2 Å². The van der Waals surface area contributed by atoms with Crippen molar-refractivity contribution in [3.63, 3.8) is 0 Å². The summed E-state index contributed by atoms with van der Waals surface area (Å²) in [6.07, 6.45) is -0.702. The number of para-hydroxylation sites is 2. The van der Waals surface area contributed by atoms with E-state index in [4.69, 9.17) is 4.74 Å². The predicted octanol–water partition coefficient (Wildman–Crippen LogP) is 4.60. The van der Waals surface area contributed by atoms with Crippen LogP contribution in [0.2, 0.25) is 0 Å². The Labute approximate surface area is 167 Å². The van der Waals surface area contributed by atoms with Gasteiger partial charge in [-0.3, -0.25) is 9.59 Å². The van der Waals surface area contributed by atoms with Gasteiger partial charge in [-0.05, 0) is 42.5 Å². The second kappa shape index (κ2) is 9.93. The zero-order valence-corrected chi connectivity index (χ0v) is 17.3. The van der Waals surface area contributed by atoms with Gasteiger partial charge in [0, 0.05) is 6.54 Å². The maximum atomic E-state index is 12.7. The molecule has 0 bridgehead atoms. The molecule has 2 N–H and O–H groups in total. The molecule has 0 heterocycles. The Kier molecular flexibility index (Phi) is 7.61. The Bertz CT molecular complexity index is 815. The van der Waals surface area contributed by atoms with E-state index in [0.717, 1.165) is 5.56 Å². The first-order valence-electron chi connectivity index (χ1n) is 9.73. The molecule has 0 spiro atoms. The molecule has 0 aliphatic rings. The van der Waals surface area contributed by atoms with Crippen LogP contribution >= 0.6 is 0 Å². The van der Waals surface area contributed by atoms with Crippen molar-refractivity contribution >= 4 is 17.5 Å². The lowest BCUT2D eigenvalue weighted by Crippen LogP contribution is -2.32. The second-order valence-corrected chi connectivity index (χ2v) is 7.59. The summed E-state index contributed by atoms with van der Waals surface area (Å²) >= 11 is 0. The molecule has 5 nitrogen and oxygen atoms in total. The Balaban J connectivity index is 2.10. The highest BCUT2D eigenvalue weighted by Crippen LogP contribution is 2.27. The summed E-state index contributed by atoms with van der Waals surface area (Å²) in [5.41, 5.74) is 1.96. The third kappa shape index (κ3) is 5.84. The highest BCUT2D eigenvalue weighted by Gasteiger charge is 2.20. The van der Waals surface area contributed by atoms with Crippen molar-refractivity contribution in [3.8, 4) is 5.75 Å².